The van der Waals surface area contributed by atoms with Gasteiger partial charge >= 0.3 is 0 Å². The highest BCUT2D eigenvalue weighted by molar-refractivity contribution is 7.92. The van der Waals surface area contributed by atoms with E-state index in [0.29, 0.717) is 17.3 Å². The second-order valence-corrected chi connectivity index (χ2v) is 9.04. The molecule has 4 rings (SSSR count). The molecule has 0 unspecified atom stereocenters. The highest BCUT2D eigenvalue weighted by Gasteiger charge is 2.26. The minimum absolute atomic E-state index is 0.290. The molecule has 2 aromatic heterocycles. The fourth-order valence-corrected chi connectivity index (χ4v) is 5.05. The number of hydrogen-bond acceptors (Lipinski definition) is 3. The summed E-state index contributed by atoms with van der Waals surface area (Å²) in [5.74, 6) is 0.570. The number of nitrogens with zero attached hydrogens (tertiary/aromatic N) is 1. The highest BCUT2D eigenvalue weighted by atomic mass is 32.2. The van der Waals surface area contributed by atoms with Gasteiger partial charge in [-0.25, -0.2) is 12.7 Å². The largest absolute Gasteiger partial charge is 0.341 e. The number of aryl methyl sites for hydroxylation is 1. The number of hydrogen-bond donors (Lipinski definition) is 1. The molecular formula is C20H18N2O2S2. The molecule has 0 saturated heterocycles. The normalized spacial score (nSPS) is 11.7. The van der Waals surface area contributed by atoms with Crippen molar-refractivity contribution in [3.05, 3.63) is 82.6 Å². The van der Waals surface area contributed by atoms with E-state index in [-0.39, 0.29) is 0 Å². The maximum atomic E-state index is 13.4. The third-order valence-electron chi connectivity index (χ3n) is 4.27. The number of anilines is 1. The summed E-state index contributed by atoms with van der Waals surface area (Å²) < 4.78 is 28.2. The molecule has 4 aromatic rings. The summed E-state index contributed by atoms with van der Waals surface area (Å²) in [5, 5.41) is 2.94. The topological polar surface area (TPSA) is 53.2 Å². The molecule has 0 radical (unpaired) electrons. The zero-order valence-electron chi connectivity index (χ0n) is 14.2. The molecule has 2 aromatic carbocycles. The third kappa shape index (κ3) is 3.13. The first-order valence-corrected chi connectivity index (χ1v) is 10.6. The summed E-state index contributed by atoms with van der Waals surface area (Å²) >= 11 is 1.55. The lowest BCUT2D eigenvalue weighted by Gasteiger charge is -2.22. The van der Waals surface area contributed by atoms with E-state index in [2.05, 4.69) is 4.98 Å². The highest BCUT2D eigenvalue weighted by Crippen LogP contribution is 2.29. The van der Waals surface area contributed by atoms with Crippen LogP contribution in [0.4, 0.5) is 5.82 Å². The number of sulfonamides is 1. The lowest BCUT2D eigenvalue weighted by atomic mass is 10.2. The number of thiophene rings is 1. The number of benzene rings is 2. The number of rotatable bonds is 5. The van der Waals surface area contributed by atoms with Crippen molar-refractivity contribution < 1.29 is 8.42 Å². The molecule has 0 saturated carbocycles. The van der Waals surface area contributed by atoms with Crippen LogP contribution in [0.25, 0.3) is 10.9 Å². The average molecular weight is 383 g/mol. The van der Waals surface area contributed by atoms with Gasteiger partial charge in [-0.15, -0.1) is 11.3 Å². The van der Waals surface area contributed by atoms with E-state index in [4.69, 9.17) is 0 Å². The maximum absolute atomic E-state index is 13.4. The van der Waals surface area contributed by atoms with Gasteiger partial charge in [0.1, 0.15) is 5.82 Å². The molecule has 0 aliphatic carbocycles. The summed E-state index contributed by atoms with van der Waals surface area (Å²) in [6, 6.07) is 20.5. The van der Waals surface area contributed by atoms with Crippen LogP contribution in [0.5, 0.6) is 0 Å². The summed E-state index contributed by atoms with van der Waals surface area (Å²) in [4.78, 5) is 4.52. The second-order valence-electron chi connectivity index (χ2n) is 6.15. The first kappa shape index (κ1) is 16.9. The van der Waals surface area contributed by atoms with Crippen molar-refractivity contribution in [3.63, 3.8) is 0 Å². The Balaban J connectivity index is 1.83. The molecule has 26 heavy (non-hydrogen) atoms. The Kier molecular flexibility index (Phi) is 4.30. The summed E-state index contributed by atoms with van der Waals surface area (Å²) in [6.07, 6.45) is 0. The predicted molar refractivity (Wildman–Crippen MR) is 107 cm³/mol. The molecule has 132 valence electrons. The van der Waals surface area contributed by atoms with Crippen molar-refractivity contribution in [3.8, 4) is 0 Å². The second kappa shape index (κ2) is 6.63. The van der Waals surface area contributed by atoms with Crippen LogP contribution in [0, 0.1) is 6.92 Å². The molecule has 0 amide bonds. The van der Waals surface area contributed by atoms with Gasteiger partial charge in [0.25, 0.3) is 10.0 Å². The predicted octanol–water partition coefficient (Wildman–Crippen LogP) is 4.93. The van der Waals surface area contributed by atoms with Gasteiger partial charge in [0.15, 0.2) is 0 Å². The van der Waals surface area contributed by atoms with Crippen LogP contribution in [0.1, 0.15) is 10.4 Å². The van der Waals surface area contributed by atoms with Crippen LogP contribution in [0.2, 0.25) is 0 Å². The van der Waals surface area contributed by atoms with Crippen LogP contribution in [0.15, 0.2) is 77.0 Å². The van der Waals surface area contributed by atoms with Gasteiger partial charge in [-0.2, -0.15) is 0 Å². The van der Waals surface area contributed by atoms with Crippen LogP contribution < -0.4 is 4.31 Å². The van der Waals surface area contributed by atoms with Gasteiger partial charge in [0, 0.05) is 15.8 Å². The fraction of sp³-hybridized carbons (Fsp3) is 0.100. The molecule has 4 nitrogen and oxygen atoms in total. The molecule has 0 aliphatic rings. The van der Waals surface area contributed by atoms with Gasteiger partial charge in [0.2, 0.25) is 0 Å². The Hall–Kier alpha value is -2.57. The summed E-state index contributed by atoms with van der Waals surface area (Å²) in [6.45, 7) is 2.23. The van der Waals surface area contributed by atoms with E-state index < -0.39 is 10.0 Å². The zero-order chi connectivity index (χ0) is 18.1. The fourth-order valence-electron chi connectivity index (χ4n) is 2.87. The Morgan fingerprint density at radius 1 is 1.00 bits per heavy atom. The van der Waals surface area contributed by atoms with Gasteiger partial charge in [-0.1, -0.05) is 42.0 Å². The summed E-state index contributed by atoms with van der Waals surface area (Å²) in [5.41, 5.74) is 1.94. The number of aromatic amines is 1. The number of para-hydroxylation sites is 1. The average Bonchev–Trinajstić information content (AvgIpc) is 3.29. The van der Waals surface area contributed by atoms with Crippen LogP contribution in [0.3, 0.4) is 0 Å². The minimum Gasteiger partial charge on any atom is -0.341 e. The van der Waals surface area contributed by atoms with Crippen LogP contribution in [-0.2, 0) is 16.6 Å². The van der Waals surface area contributed by atoms with Crippen molar-refractivity contribution in [1.82, 2.24) is 4.98 Å². The Labute approximate surface area is 156 Å². The van der Waals surface area contributed by atoms with E-state index in [1.54, 1.807) is 23.5 Å². The molecule has 0 spiro atoms. The number of H-pyrrole nitrogens is 1. The van der Waals surface area contributed by atoms with Crippen molar-refractivity contribution in [2.75, 3.05) is 4.31 Å². The van der Waals surface area contributed by atoms with Gasteiger partial charge in [-0.05, 0) is 42.6 Å². The molecule has 2 heterocycles. The Morgan fingerprint density at radius 3 is 2.46 bits per heavy atom. The van der Waals surface area contributed by atoms with E-state index in [0.717, 1.165) is 21.3 Å². The third-order valence-corrected chi connectivity index (χ3v) is 6.91. The van der Waals surface area contributed by atoms with Crippen molar-refractivity contribution in [2.45, 2.75) is 18.4 Å². The molecule has 0 atom stereocenters. The first-order valence-electron chi connectivity index (χ1n) is 8.23. The Bertz CT molecular complexity index is 1100. The SMILES string of the molecule is Cc1ccc(S(=O)(=O)N(Cc2cccs2)c2cc3ccccc3[nH]2)cc1. The standard InChI is InChI=1S/C20H18N2O2S2/c1-15-8-10-18(11-9-15)26(23,24)22(14-17-6-4-12-25-17)20-13-16-5-2-3-7-19(16)21-20/h2-13,21H,14H2,1H3. The van der Waals surface area contributed by atoms with Crippen LogP contribution in [-0.4, -0.2) is 13.4 Å². The van der Waals surface area contributed by atoms with E-state index >= 15 is 0 Å². The zero-order valence-corrected chi connectivity index (χ0v) is 15.8. The molecule has 0 aliphatic heterocycles. The number of aromatic nitrogens is 1. The van der Waals surface area contributed by atoms with Crippen LogP contribution >= 0.6 is 11.3 Å². The Morgan fingerprint density at radius 2 is 1.77 bits per heavy atom. The maximum Gasteiger partial charge on any atom is 0.265 e. The van der Waals surface area contributed by atoms with Gasteiger partial charge in [-0.3, -0.25) is 0 Å². The molecule has 6 heteroatoms. The quantitative estimate of drug-likeness (QED) is 0.532. The van der Waals surface area contributed by atoms with Crippen molar-refractivity contribution in [1.29, 1.82) is 0 Å². The minimum atomic E-state index is -3.69. The summed E-state index contributed by atoms with van der Waals surface area (Å²) in [7, 11) is -3.69. The number of nitrogens with one attached hydrogen (secondary N) is 1. The molecular weight excluding hydrogens is 364 g/mol. The van der Waals surface area contributed by atoms with Gasteiger partial charge < -0.3 is 4.98 Å². The van der Waals surface area contributed by atoms with Crippen molar-refractivity contribution >= 4 is 38.1 Å². The van der Waals surface area contributed by atoms with E-state index in [9.17, 15) is 8.42 Å². The van der Waals surface area contributed by atoms with E-state index in [1.165, 1.54) is 4.31 Å². The monoisotopic (exact) mass is 382 g/mol. The number of fused-ring (bicyclic) bond motifs is 1. The van der Waals surface area contributed by atoms with Crippen molar-refractivity contribution in [2.24, 2.45) is 0 Å². The first-order chi connectivity index (χ1) is 12.5. The smallest absolute Gasteiger partial charge is 0.265 e. The lowest BCUT2D eigenvalue weighted by molar-refractivity contribution is 0.590. The molecule has 0 bridgehead atoms. The van der Waals surface area contributed by atoms with E-state index in [1.807, 2.05) is 66.9 Å². The molecule has 1 N–H and O–H groups in total. The van der Waals surface area contributed by atoms with Gasteiger partial charge in [0.05, 0.1) is 11.4 Å². The lowest BCUT2D eigenvalue weighted by Crippen LogP contribution is -2.30. The molecule has 0 fully saturated rings.